The van der Waals surface area contributed by atoms with Gasteiger partial charge in [0.25, 0.3) is 5.56 Å². The second kappa shape index (κ2) is 5.60. The van der Waals surface area contributed by atoms with Crippen molar-refractivity contribution in [2.45, 2.75) is 19.9 Å². The third-order valence-electron chi connectivity index (χ3n) is 3.39. The molecule has 20 heavy (non-hydrogen) atoms. The zero-order chi connectivity index (χ0) is 13.9. The Morgan fingerprint density at radius 1 is 1.55 bits per heavy atom. The molecule has 0 amide bonds. The summed E-state index contributed by atoms with van der Waals surface area (Å²) >= 11 is 0. The maximum atomic E-state index is 12.1. The second-order valence-electron chi connectivity index (χ2n) is 4.74. The molecule has 3 heterocycles. The summed E-state index contributed by atoms with van der Waals surface area (Å²) in [7, 11) is 0. The molecule has 0 fully saturated rings. The van der Waals surface area contributed by atoms with Crippen LogP contribution in [-0.4, -0.2) is 34.8 Å². The van der Waals surface area contributed by atoms with Gasteiger partial charge in [-0.2, -0.15) is 0 Å². The molecule has 0 aromatic carbocycles. The van der Waals surface area contributed by atoms with E-state index < -0.39 is 0 Å². The van der Waals surface area contributed by atoms with E-state index in [4.69, 9.17) is 9.15 Å². The fraction of sp³-hybridized carbons (Fsp3) is 0.429. The Balaban J connectivity index is 1.90. The molecule has 0 spiro atoms. The van der Waals surface area contributed by atoms with Crippen molar-refractivity contribution in [2.75, 3.05) is 19.9 Å². The van der Waals surface area contributed by atoms with Crippen LogP contribution in [0.4, 0.5) is 0 Å². The number of rotatable bonds is 4. The van der Waals surface area contributed by atoms with E-state index in [0.29, 0.717) is 37.9 Å². The van der Waals surface area contributed by atoms with Gasteiger partial charge in [0.05, 0.1) is 18.7 Å². The van der Waals surface area contributed by atoms with Gasteiger partial charge >= 0.3 is 0 Å². The zero-order valence-electron chi connectivity index (χ0n) is 11.4. The SMILES string of the molecule is CCOCN1CCc2c(nc(-c3ccco3)[nH]c2=O)C1. The van der Waals surface area contributed by atoms with Crippen molar-refractivity contribution in [2.24, 2.45) is 0 Å². The number of aromatic nitrogens is 2. The number of nitrogens with one attached hydrogen (secondary N) is 1. The molecular formula is C14H17N3O3. The molecule has 1 aliphatic rings. The molecule has 6 heteroatoms. The van der Waals surface area contributed by atoms with Gasteiger partial charge in [0.1, 0.15) is 0 Å². The first kappa shape index (κ1) is 13.1. The summed E-state index contributed by atoms with van der Waals surface area (Å²) < 4.78 is 10.7. The van der Waals surface area contributed by atoms with Crippen LogP contribution >= 0.6 is 0 Å². The van der Waals surface area contributed by atoms with Crippen LogP contribution in [0.15, 0.2) is 27.6 Å². The number of furan rings is 1. The minimum Gasteiger partial charge on any atom is -0.461 e. The minimum absolute atomic E-state index is 0.0718. The van der Waals surface area contributed by atoms with Gasteiger partial charge < -0.3 is 14.1 Å². The van der Waals surface area contributed by atoms with E-state index in [-0.39, 0.29) is 5.56 Å². The molecule has 3 rings (SSSR count). The lowest BCUT2D eigenvalue weighted by molar-refractivity contribution is 0.0269. The molecule has 1 aliphatic heterocycles. The Bertz CT molecular complexity index is 634. The Morgan fingerprint density at radius 2 is 2.45 bits per heavy atom. The monoisotopic (exact) mass is 275 g/mol. The first-order valence-corrected chi connectivity index (χ1v) is 6.74. The Hall–Kier alpha value is -1.92. The van der Waals surface area contributed by atoms with E-state index in [0.717, 1.165) is 17.8 Å². The molecule has 0 unspecified atom stereocenters. The van der Waals surface area contributed by atoms with Crippen LogP contribution in [0.1, 0.15) is 18.2 Å². The quantitative estimate of drug-likeness (QED) is 0.912. The molecule has 2 aromatic rings. The van der Waals surface area contributed by atoms with Gasteiger partial charge in [0.15, 0.2) is 11.6 Å². The Kier molecular flexibility index (Phi) is 3.66. The molecule has 1 N–H and O–H groups in total. The lowest BCUT2D eigenvalue weighted by Crippen LogP contribution is -2.36. The smallest absolute Gasteiger partial charge is 0.254 e. The highest BCUT2D eigenvalue weighted by Gasteiger charge is 2.21. The summed E-state index contributed by atoms with van der Waals surface area (Å²) in [6, 6.07) is 3.56. The lowest BCUT2D eigenvalue weighted by Gasteiger charge is -2.27. The second-order valence-corrected chi connectivity index (χ2v) is 4.74. The van der Waals surface area contributed by atoms with Crippen LogP contribution in [-0.2, 0) is 17.7 Å². The topological polar surface area (TPSA) is 71.4 Å². The van der Waals surface area contributed by atoms with Crippen molar-refractivity contribution in [3.05, 3.63) is 40.0 Å². The number of nitrogens with zero attached hydrogens (tertiary/aromatic N) is 2. The number of ether oxygens (including phenoxy) is 1. The molecular weight excluding hydrogens is 258 g/mol. The number of H-pyrrole nitrogens is 1. The number of hydrogen-bond donors (Lipinski definition) is 1. The highest BCUT2D eigenvalue weighted by Crippen LogP contribution is 2.18. The van der Waals surface area contributed by atoms with Gasteiger partial charge in [-0.3, -0.25) is 9.69 Å². The fourth-order valence-corrected chi connectivity index (χ4v) is 2.35. The van der Waals surface area contributed by atoms with Gasteiger partial charge in [0, 0.05) is 25.3 Å². The van der Waals surface area contributed by atoms with Crippen molar-refractivity contribution in [3.8, 4) is 11.6 Å². The van der Waals surface area contributed by atoms with Crippen LogP contribution < -0.4 is 5.56 Å². The summed E-state index contributed by atoms with van der Waals surface area (Å²) in [5.74, 6) is 1.06. The van der Waals surface area contributed by atoms with Gasteiger partial charge in [0.2, 0.25) is 0 Å². The lowest BCUT2D eigenvalue weighted by atomic mass is 10.1. The maximum absolute atomic E-state index is 12.1. The Morgan fingerprint density at radius 3 is 3.20 bits per heavy atom. The maximum Gasteiger partial charge on any atom is 0.254 e. The standard InChI is InChI=1S/C14H17N3O3/c1-2-19-9-17-6-5-10-11(8-17)15-13(16-14(10)18)12-4-3-7-20-12/h3-4,7H,2,5-6,8-9H2,1H3,(H,15,16,18). The van der Waals surface area contributed by atoms with Crippen molar-refractivity contribution >= 4 is 0 Å². The van der Waals surface area contributed by atoms with Crippen LogP contribution in [0.2, 0.25) is 0 Å². The summed E-state index contributed by atoms with van der Waals surface area (Å²) in [5.41, 5.74) is 1.51. The van der Waals surface area contributed by atoms with E-state index in [1.54, 1.807) is 18.4 Å². The predicted octanol–water partition coefficient (Wildman–Crippen LogP) is 1.38. The zero-order valence-corrected chi connectivity index (χ0v) is 11.4. The fourth-order valence-electron chi connectivity index (χ4n) is 2.35. The molecule has 0 saturated carbocycles. The van der Waals surface area contributed by atoms with Gasteiger partial charge in [-0.25, -0.2) is 4.98 Å². The van der Waals surface area contributed by atoms with Crippen molar-refractivity contribution in [1.29, 1.82) is 0 Å². The molecule has 0 radical (unpaired) electrons. The summed E-state index contributed by atoms with van der Waals surface area (Å²) in [6.07, 6.45) is 2.26. The van der Waals surface area contributed by atoms with E-state index in [9.17, 15) is 4.79 Å². The van der Waals surface area contributed by atoms with Gasteiger partial charge in [-0.05, 0) is 25.5 Å². The van der Waals surface area contributed by atoms with E-state index >= 15 is 0 Å². The molecule has 0 aliphatic carbocycles. The van der Waals surface area contributed by atoms with Crippen LogP contribution in [0, 0.1) is 0 Å². The van der Waals surface area contributed by atoms with Crippen LogP contribution in [0.25, 0.3) is 11.6 Å². The summed E-state index contributed by atoms with van der Waals surface area (Å²) in [5, 5.41) is 0. The number of aromatic amines is 1. The Labute approximate surface area is 116 Å². The molecule has 0 saturated heterocycles. The van der Waals surface area contributed by atoms with Gasteiger partial charge in [-0.1, -0.05) is 0 Å². The van der Waals surface area contributed by atoms with E-state index in [1.165, 1.54) is 0 Å². The molecule has 106 valence electrons. The van der Waals surface area contributed by atoms with Crippen molar-refractivity contribution in [3.63, 3.8) is 0 Å². The largest absolute Gasteiger partial charge is 0.461 e. The van der Waals surface area contributed by atoms with E-state index in [1.807, 2.05) is 6.92 Å². The highest BCUT2D eigenvalue weighted by atomic mass is 16.5. The van der Waals surface area contributed by atoms with Gasteiger partial charge in [-0.15, -0.1) is 0 Å². The van der Waals surface area contributed by atoms with E-state index in [2.05, 4.69) is 14.9 Å². The minimum atomic E-state index is -0.0718. The average Bonchev–Trinajstić information content (AvgIpc) is 2.99. The average molecular weight is 275 g/mol. The molecule has 0 atom stereocenters. The van der Waals surface area contributed by atoms with Crippen LogP contribution in [0.5, 0.6) is 0 Å². The molecule has 0 bridgehead atoms. The van der Waals surface area contributed by atoms with Crippen molar-refractivity contribution < 1.29 is 9.15 Å². The van der Waals surface area contributed by atoms with Crippen LogP contribution in [0.3, 0.4) is 0 Å². The summed E-state index contributed by atoms with van der Waals surface area (Å²) in [4.78, 5) is 21.6. The normalized spacial score (nSPS) is 15.2. The molecule has 2 aromatic heterocycles. The first-order valence-electron chi connectivity index (χ1n) is 6.74. The third kappa shape index (κ3) is 2.52. The number of fused-ring (bicyclic) bond motifs is 1. The highest BCUT2D eigenvalue weighted by molar-refractivity contribution is 5.46. The molecule has 6 nitrogen and oxygen atoms in total. The third-order valence-corrected chi connectivity index (χ3v) is 3.39. The first-order chi connectivity index (χ1) is 9.78. The van der Waals surface area contributed by atoms with Crippen molar-refractivity contribution in [1.82, 2.24) is 14.9 Å². The number of hydrogen-bond acceptors (Lipinski definition) is 5. The predicted molar refractivity (Wildman–Crippen MR) is 73.2 cm³/mol. The summed E-state index contributed by atoms with van der Waals surface area (Å²) in [6.45, 7) is 4.67.